The van der Waals surface area contributed by atoms with Gasteiger partial charge in [-0.25, -0.2) is 8.42 Å². The van der Waals surface area contributed by atoms with Gasteiger partial charge in [0.25, 0.3) is 0 Å². The van der Waals surface area contributed by atoms with E-state index in [4.69, 9.17) is 0 Å². The average molecular weight is 312 g/mol. The summed E-state index contributed by atoms with van der Waals surface area (Å²) in [4.78, 5) is 12.3. The molecule has 1 N–H and O–H groups in total. The van der Waals surface area contributed by atoms with Crippen LogP contribution in [-0.4, -0.2) is 31.2 Å². The maximum atomic E-state index is 12.4. The molecule has 0 saturated heterocycles. The van der Waals surface area contributed by atoms with Crippen molar-refractivity contribution in [2.24, 2.45) is 11.8 Å². The Morgan fingerprint density at radius 3 is 2.10 bits per heavy atom. The Morgan fingerprint density at radius 1 is 1.14 bits per heavy atom. The molecule has 5 heteroatoms. The summed E-state index contributed by atoms with van der Waals surface area (Å²) in [5, 5.41) is 9.76. The molecule has 0 aromatic heterocycles. The number of aliphatic hydroxyl groups is 1. The van der Waals surface area contributed by atoms with Gasteiger partial charge in [0.05, 0.1) is 22.7 Å². The molecule has 0 bridgehead atoms. The molecule has 0 fully saturated rings. The SMILES string of the molecule is Cc1ccc(S(=O)(=O)C[C@H](C(=O)CC(C)C)[C@@H](C)O)cc1. The second kappa shape index (κ2) is 7.18. The fourth-order valence-corrected chi connectivity index (χ4v) is 3.81. The summed E-state index contributed by atoms with van der Waals surface area (Å²) in [6.45, 7) is 7.13. The summed E-state index contributed by atoms with van der Waals surface area (Å²) in [6, 6.07) is 6.52. The van der Waals surface area contributed by atoms with Crippen LogP contribution in [0.5, 0.6) is 0 Å². The van der Waals surface area contributed by atoms with Gasteiger partial charge in [-0.3, -0.25) is 4.79 Å². The number of ketones is 1. The first-order valence-corrected chi connectivity index (χ1v) is 8.79. The Kier molecular flexibility index (Phi) is 6.10. The van der Waals surface area contributed by atoms with E-state index in [2.05, 4.69) is 0 Å². The van der Waals surface area contributed by atoms with E-state index >= 15 is 0 Å². The van der Waals surface area contributed by atoms with Crippen LogP contribution >= 0.6 is 0 Å². The number of carbonyl (C=O) groups excluding carboxylic acids is 1. The van der Waals surface area contributed by atoms with Crippen molar-refractivity contribution < 1.29 is 18.3 Å². The molecule has 0 aliphatic rings. The highest BCUT2D eigenvalue weighted by Crippen LogP contribution is 2.20. The van der Waals surface area contributed by atoms with E-state index in [9.17, 15) is 18.3 Å². The highest BCUT2D eigenvalue weighted by Gasteiger charge is 2.30. The van der Waals surface area contributed by atoms with Gasteiger partial charge in [0, 0.05) is 6.42 Å². The molecular weight excluding hydrogens is 288 g/mol. The van der Waals surface area contributed by atoms with Gasteiger partial charge in [-0.05, 0) is 31.9 Å². The van der Waals surface area contributed by atoms with Crippen LogP contribution in [0.4, 0.5) is 0 Å². The molecule has 0 unspecified atom stereocenters. The lowest BCUT2D eigenvalue weighted by molar-refractivity contribution is -0.125. The van der Waals surface area contributed by atoms with Crippen molar-refractivity contribution in [2.45, 2.75) is 45.1 Å². The molecule has 0 aliphatic carbocycles. The average Bonchev–Trinajstić information content (AvgIpc) is 2.35. The fourth-order valence-electron chi connectivity index (χ4n) is 2.13. The Hall–Kier alpha value is -1.20. The van der Waals surface area contributed by atoms with Gasteiger partial charge in [0.2, 0.25) is 0 Å². The first-order valence-electron chi connectivity index (χ1n) is 7.13. The van der Waals surface area contributed by atoms with Crippen molar-refractivity contribution in [1.29, 1.82) is 0 Å². The number of hydrogen-bond acceptors (Lipinski definition) is 4. The van der Waals surface area contributed by atoms with Crippen molar-refractivity contribution in [3.63, 3.8) is 0 Å². The normalized spacial score (nSPS) is 15.0. The standard InChI is InChI=1S/C16H24O4S/c1-11(2)9-16(18)15(13(4)17)10-21(19,20)14-7-5-12(3)6-8-14/h5-8,11,13,15,17H,9-10H2,1-4H3/t13-,15+/m1/s1. The summed E-state index contributed by atoms with van der Waals surface area (Å²) in [6.07, 6.45) is -0.699. The first-order chi connectivity index (χ1) is 9.63. The molecule has 0 saturated carbocycles. The molecular formula is C16H24O4S. The molecule has 0 aliphatic heterocycles. The Labute approximate surface area is 127 Å². The lowest BCUT2D eigenvalue weighted by Gasteiger charge is -2.19. The molecule has 0 heterocycles. The van der Waals surface area contributed by atoms with E-state index in [1.807, 2.05) is 20.8 Å². The van der Waals surface area contributed by atoms with Crippen LogP contribution < -0.4 is 0 Å². The van der Waals surface area contributed by atoms with Crippen molar-refractivity contribution in [3.05, 3.63) is 29.8 Å². The molecule has 0 amide bonds. The minimum atomic E-state index is -3.58. The minimum absolute atomic E-state index is 0.140. The number of rotatable bonds is 7. The van der Waals surface area contributed by atoms with E-state index in [1.54, 1.807) is 12.1 Å². The van der Waals surface area contributed by atoms with Crippen LogP contribution in [0.3, 0.4) is 0 Å². The van der Waals surface area contributed by atoms with Gasteiger partial charge < -0.3 is 5.11 Å². The molecule has 2 atom stereocenters. The number of Topliss-reactive ketones (excluding diaryl/α,β-unsaturated/α-hetero) is 1. The van der Waals surface area contributed by atoms with Crippen LogP contribution in [-0.2, 0) is 14.6 Å². The van der Waals surface area contributed by atoms with E-state index < -0.39 is 21.9 Å². The topological polar surface area (TPSA) is 71.4 Å². The number of hydrogen-bond donors (Lipinski definition) is 1. The zero-order chi connectivity index (χ0) is 16.2. The van der Waals surface area contributed by atoms with Crippen LogP contribution in [0.25, 0.3) is 0 Å². The lowest BCUT2D eigenvalue weighted by atomic mass is 9.94. The Bertz CT molecular complexity index is 571. The third-order valence-corrected chi connectivity index (χ3v) is 5.17. The van der Waals surface area contributed by atoms with Gasteiger partial charge in [-0.2, -0.15) is 0 Å². The summed E-state index contributed by atoms with van der Waals surface area (Å²) < 4.78 is 24.8. The minimum Gasteiger partial charge on any atom is -0.393 e. The number of sulfone groups is 1. The Balaban J connectivity index is 2.97. The third-order valence-electron chi connectivity index (χ3n) is 3.38. The molecule has 1 aromatic rings. The van der Waals surface area contributed by atoms with Crippen molar-refractivity contribution >= 4 is 15.6 Å². The summed E-state index contributed by atoms with van der Waals surface area (Å²) in [7, 11) is -3.58. The molecule has 0 radical (unpaired) electrons. The third kappa shape index (κ3) is 5.25. The van der Waals surface area contributed by atoms with E-state index in [0.29, 0.717) is 0 Å². The zero-order valence-electron chi connectivity index (χ0n) is 13.0. The fraction of sp³-hybridized carbons (Fsp3) is 0.562. The summed E-state index contributed by atoms with van der Waals surface area (Å²) >= 11 is 0. The molecule has 4 nitrogen and oxygen atoms in total. The van der Waals surface area contributed by atoms with Gasteiger partial charge in [-0.1, -0.05) is 31.5 Å². The maximum absolute atomic E-state index is 12.4. The zero-order valence-corrected chi connectivity index (χ0v) is 13.9. The monoisotopic (exact) mass is 312 g/mol. The molecule has 0 spiro atoms. The smallest absolute Gasteiger partial charge is 0.179 e. The molecule has 1 aromatic carbocycles. The van der Waals surface area contributed by atoms with Crippen LogP contribution in [0.15, 0.2) is 29.2 Å². The number of aliphatic hydroxyl groups excluding tert-OH is 1. The predicted octanol–water partition coefficient (Wildman–Crippen LogP) is 2.38. The molecule has 1 rings (SSSR count). The van der Waals surface area contributed by atoms with Gasteiger partial charge in [-0.15, -0.1) is 0 Å². The summed E-state index contributed by atoms with van der Waals surface area (Å²) in [5.41, 5.74) is 0.969. The largest absolute Gasteiger partial charge is 0.393 e. The van der Waals surface area contributed by atoms with Crippen molar-refractivity contribution in [3.8, 4) is 0 Å². The molecule has 118 valence electrons. The number of benzene rings is 1. The maximum Gasteiger partial charge on any atom is 0.179 e. The van der Waals surface area contributed by atoms with Crippen molar-refractivity contribution in [1.82, 2.24) is 0 Å². The summed E-state index contributed by atoms with van der Waals surface area (Å²) in [5.74, 6) is -1.28. The van der Waals surface area contributed by atoms with Crippen molar-refractivity contribution in [2.75, 3.05) is 5.75 Å². The second-order valence-electron chi connectivity index (χ2n) is 6.01. The molecule has 21 heavy (non-hydrogen) atoms. The quantitative estimate of drug-likeness (QED) is 0.839. The highest BCUT2D eigenvalue weighted by atomic mass is 32.2. The van der Waals surface area contributed by atoms with E-state index in [0.717, 1.165) is 5.56 Å². The second-order valence-corrected chi connectivity index (χ2v) is 8.04. The van der Waals surface area contributed by atoms with Gasteiger partial charge in [0.15, 0.2) is 9.84 Å². The van der Waals surface area contributed by atoms with E-state index in [1.165, 1.54) is 19.1 Å². The highest BCUT2D eigenvalue weighted by molar-refractivity contribution is 7.91. The van der Waals surface area contributed by atoms with Crippen LogP contribution in [0, 0.1) is 18.8 Å². The van der Waals surface area contributed by atoms with Crippen LogP contribution in [0.1, 0.15) is 32.8 Å². The number of carbonyl (C=O) groups is 1. The Morgan fingerprint density at radius 2 is 1.67 bits per heavy atom. The van der Waals surface area contributed by atoms with Crippen LogP contribution in [0.2, 0.25) is 0 Å². The van der Waals surface area contributed by atoms with Gasteiger partial charge >= 0.3 is 0 Å². The lowest BCUT2D eigenvalue weighted by Crippen LogP contribution is -2.33. The van der Waals surface area contributed by atoms with Gasteiger partial charge in [0.1, 0.15) is 5.78 Å². The predicted molar refractivity (Wildman–Crippen MR) is 82.9 cm³/mol. The number of aryl methyl sites for hydroxylation is 1. The first kappa shape index (κ1) is 17.9. The van der Waals surface area contributed by atoms with E-state index in [-0.39, 0.29) is 28.8 Å².